The highest BCUT2D eigenvalue weighted by atomic mass is 35.5. The van der Waals surface area contributed by atoms with Crippen molar-refractivity contribution in [3.05, 3.63) is 44.6 Å². The molecule has 2 aromatic rings. The maximum Gasteiger partial charge on any atom is 0.310 e. The van der Waals surface area contributed by atoms with Crippen LogP contribution < -0.4 is 5.32 Å². The van der Waals surface area contributed by atoms with E-state index in [0.29, 0.717) is 11.3 Å². The minimum Gasteiger partial charge on any atom is -0.502 e. The number of anilines is 1. The number of aromatic hydroxyl groups is 1. The van der Waals surface area contributed by atoms with E-state index >= 15 is 0 Å². The molecule has 0 unspecified atom stereocenters. The number of carbonyl (C=O) groups excluding carboxylic acids is 1. The number of hydrogen-bond donors (Lipinski definition) is 2. The van der Waals surface area contributed by atoms with Crippen LogP contribution in [0, 0.1) is 17.0 Å². The topological polar surface area (TPSA) is 118 Å². The van der Waals surface area contributed by atoms with Crippen molar-refractivity contribution in [1.82, 2.24) is 5.16 Å². The molecule has 1 heterocycles. The van der Waals surface area contributed by atoms with Crippen molar-refractivity contribution in [2.45, 2.75) is 13.3 Å². The number of aryl methyl sites for hydroxylation is 1. The van der Waals surface area contributed by atoms with Gasteiger partial charge in [0.2, 0.25) is 11.8 Å². The van der Waals surface area contributed by atoms with E-state index in [9.17, 15) is 20.0 Å². The van der Waals surface area contributed by atoms with Crippen molar-refractivity contribution in [3.8, 4) is 5.75 Å². The lowest BCUT2D eigenvalue weighted by Crippen LogP contribution is -2.14. The Balaban J connectivity index is 2.11. The van der Waals surface area contributed by atoms with Crippen LogP contribution in [0.15, 0.2) is 22.7 Å². The second-order valence-corrected chi connectivity index (χ2v) is 4.59. The number of aromatic nitrogens is 1. The highest BCUT2D eigenvalue weighted by Gasteiger charge is 2.17. The Morgan fingerprint density at radius 3 is 2.86 bits per heavy atom. The van der Waals surface area contributed by atoms with Crippen LogP contribution in [0.2, 0.25) is 5.02 Å². The molecule has 2 N–H and O–H groups in total. The van der Waals surface area contributed by atoms with Crippen LogP contribution in [0.4, 0.5) is 11.6 Å². The van der Waals surface area contributed by atoms with Gasteiger partial charge in [-0.1, -0.05) is 22.8 Å². The smallest absolute Gasteiger partial charge is 0.310 e. The van der Waals surface area contributed by atoms with Crippen LogP contribution in [-0.2, 0) is 11.2 Å². The maximum atomic E-state index is 11.8. The molecule has 0 bridgehead atoms. The second-order valence-electron chi connectivity index (χ2n) is 4.22. The molecule has 0 spiro atoms. The highest BCUT2D eigenvalue weighted by molar-refractivity contribution is 6.33. The summed E-state index contributed by atoms with van der Waals surface area (Å²) in [6, 6.07) is 3.70. The van der Waals surface area contributed by atoms with Gasteiger partial charge in [0.25, 0.3) is 0 Å². The van der Waals surface area contributed by atoms with Crippen molar-refractivity contribution in [2.24, 2.45) is 0 Å². The lowest BCUT2D eigenvalue weighted by atomic mass is 10.1. The third-order valence-corrected chi connectivity index (χ3v) is 3.09. The molecule has 0 saturated heterocycles. The summed E-state index contributed by atoms with van der Waals surface area (Å²) in [7, 11) is 0. The molecular formula is C12H10ClN3O5. The standard InChI is InChI=1S/C12H10ClN3O5/c1-6-11(13)12(21-15-6)14-10(18)5-7-2-3-9(17)8(4-7)16(19)20/h2-4,17H,5H2,1H3,(H,14,18). The SMILES string of the molecule is Cc1noc(NC(=O)Cc2ccc(O)c([N+](=O)[O-])c2)c1Cl. The molecule has 0 atom stereocenters. The zero-order valence-electron chi connectivity index (χ0n) is 10.8. The minimum absolute atomic E-state index is 0.0208. The predicted molar refractivity (Wildman–Crippen MR) is 73.3 cm³/mol. The first kappa shape index (κ1) is 14.8. The van der Waals surface area contributed by atoms with Crippen LogP contribution in [0.3, 0.4) is 0 Å². The van der Waals surface area contributed by atoms with E-state index < -0.39 is 22.3 Å². The fourth-order valence-electron chi connectivity index (χ4n) is 1.62. The van der Waals surface area contributed by atoms with Crippen LogP contribution in [0.25, 0.3) is 0 Å². The molecule has 21 heavy (non-hydrogen) atoms. The summed E-state index contributed by atoms with van der Waals surface area (Å²) in [6.45, 7) is 1.62. The number of amides is 1. The van der Waals surface area contributed by atoms with Gasteiger partial charge in [0.15, 0.2) is 5.75 Å². The Hall–Kier alpha value is -2.61. The van der Waals surface area contributed by atoms with Crippen molar-refractivity contribution in [3.63, 3.8) is 0 Å². The molecule has 0 aliphatic heterocycles. The number of nitrogens with zero attached hydrogens (tertiary/aromatic N) is 2. The highest BCUT2D eigenvalue weighted by Crippen LogP contribution is 2.27. The third-order valence-electron chi connectivity index (χ3n) is 2.65. The van der Waals surface area contributed by atoms with Gasteiger partial charge in [-0.2, -0.15) is 0 Å². The molecule has 0 saturated carbocycles. The van der Waals surface area contributed by atoms with Crippen molar-refractivity contribution in [2.75, 3.05) is 5.32 Å². The summed E-state index contributed by atoms with van der Waals surface area (Å²) in [5.41, 5.74) is 0.338. The number of carbonyl (C=O) groups is 1. The first-order valence-electron chi connectivity index (χ1n) is 5.76. The van der Waals surface area contributed by atoms with E-state index in [1.807, 2.05) is 0 Å². The average molecular weight is 312 g/mol. The Morgan fingerprint density at radius 2 is 2.29 bits per heavy atom. The van der Waals surface area contributed by atoms with Gasteiger partial charge in [0.1, 0.15) is 10.7 Å². The van der Waals surface area contributed by atoms with Gasteiger partial charge in [-0.15, -0.1) is 0 Å². The Labute approximate surface area is 123 Å². The molecule has 1 aromatic heterocycles. The molecule has 2 rings (SSSR count). The van der Waals surface area contributed by atoms with Crippen molar-refractivity contribution in [1.29, 1.82) is 0 Å². The van der Waals surface area contributed by atoms with Crippen LogP contribution in [0.5, 0.6) is 5.75 Å². The molecule has 0 aliphatic rings. The maximum absolute atomic E-state index is 11.8. The van der Waals surface area contributed by atoms with E-state index in [2.05, 4.69) is 10.5 Å². The van der Waals surface area contributed by atoms with Gasteiger partial charge in [-0.25, -0.2) is 0 Å². The minimum atomic E-state index is -0.729. The Kier molecular flexibility index (Phi) is 4.08. The van der Waals surface area contributed by atoms with Gasteiger partial charge in [0.05, 0.1) is 11.3 Å². The van der Waals surface area contributed by atoms with E-state index in [1.54, 1.807) is 6.92 Å². The summed E-state index contributed by atoms with van der Waals surface area (Å²) < 4.78 is 4.82. The number of nitrogens with one attached hydrogen (secondary N) is 1. The van der Waals surface area contributed by atoms with Crippen molar-refractivity contribution < 1.29 is 19.3 Å². The average Bonchev–Trinajstić information content (AvgIpc) is 2.72. The van der Waals surface area contributed by atoms with Gasteiger partial charge >= 0.3 is 5.69 Å². The molecule has 0 fully saturated rings. The fourth-order valence-corrected chi connectivity index (χ4v) is 1.73. The lowest BCUT2D eigenvalue weighted by Gasteiger charge is -2.03. The van der Waals surface area contributed by atoms with Gasteiger partial charge in [-0.3, -0.25) is 20.2 Å². The molecule has 1 amide bonds. The van der Waals surface area contributed by atoms with Crippen LogP contribution in [-0.4, -0.2) is 21.1 Å². The molecule has 110 valence electrons. The number of rotatable bonds is 4. The van der Waals surface area contributed by atoms with Crippen molar-refractivity contribution >= 4 is 29.1 Å². The Morgan fingerprint density at radius 1 is 1.57 bits per heavy atom. The molecule has 0 radical (unpaired) electrons. The summed E-state index contributed by atoms with van der Waals surface area (Å²) in [6.07, 6.45) is -0.142. The first-order chi connectivity index (χ1) is 9.88. The largest absolute Gasteiger partial charge is 0.502 e. The number of nitro benzene ring substituents is 1. The molecule has 8 nitrogen and oxygen atoms in total. The number of benzene rings is 1. The van der Waals surface area contributed by atoms with E-state index in [0.717, 1.165) is 12.1 Å². The summed E-state index contributed by atoms with van der Waals surface area (Å²) >= 11 is 5.85. The molecule has 0 aliphatic carbocycles. The fraction of sp³-hybridized carbons (Fsp3) is 0.167. The first-order valence-corrected chi connectivity index (χ1v) is 6.14. The zero-order chi connectivity index (χ0) is 15.6. The summed E-state index contributed by atoms with van der Waals surface area (Å²) in [5.74, 6) is -0.918. The summed E-state index contributed by atoms with van der Waals surface area (Å²) in [5, 5.41) is 26.2. The number of phenols is 1. The number of phenolic OH excluding ortho intramolecular Hbond substituents is 1. The monoisotopic (exact) mass is 311 g/mol. The normalized spacial score (nSPS) is 10.4. The van der Waals surface area contributed by atoms with Gasteiger partial charge in [0, 0.05) is 6.07 Å². The molecule has 1 aromatic carbocycles. The van der Waals surface area contributed by atoms with E-state index in [-0.39, 0.29) is 17.3 Å². The van der Waals surface area contributed by atoms with E-state index in [4.69, 9.17) is 16.1 Å². The molecular weight excluding hydrogens is 302 g/mol. The zero-order valence-corrected chi connectivity index (χ0v) is 11.5. The molecule has 9 heteroatoms. The third kappa shape index (κ3) is 3.29. The Bertz CT molecular complexity index is 713. The number of hydrogen-bond acceptors (Lipinski definition) is 6. The predicted octanol–water partition coefficient (Wildman–Crippen LogP) is 2.43. The van der Waals surface area contributed by atoms with Crippen LogP contribution >= 0.6 is 11.6 Å². The van der Waals surface area contributed by atoms with E-state index in [1.165, 1.54) is 6.07 Å². The number of nitro groups is 1. The van der Waals surface area contributed by atoms with Gasteiger partial charge in [-0.05, 0) is 18.6 Å². The second kappa shape index (κ2) is 5.80. The van der Waals surface area contributed by atoms with Crippen LogP contribution in [0.1, 0.15) is 11.3 Å². The van der Waals surface area contributed by atoms with Gasteiger partial charge < -0.3 is 9.63 Å². The number of halogens is 1. The lowest BCUT2D eigenvalue weighted by molar-refractivity contribution is -0.385. The quantitative estimate of drug-likeness (QED) is 0.661. The summed E-state index contributed by atoms with van der Waals surface area (Å²) in [4.78, 5) is 21.8.